The van der Waals surface area contributed by atoms with Gasteiger partial charge in [0, 0.05) is 18.0 Å². The lowest BCUT2D eigenvalue weighted by molar-refractivity contribution is 0.249. The fraction of sp³-hybridized carbons (Fsp3) is 0.565. The summed E-state index contributed by atoms with van der Waals surface area (Å²) in [5.41, 5.74) is 1.62. The summed E-state index contributed by atoms with van der Waals surface area (Å²) in [4.78, 5) is 8.67. The largest absolute Gasteiger partial charge is 0.236 e. The van der Waals surface area contributed by atoms with Crippen molar-refractivity contribution in [3.63, 3.8) is 0 Å². The van der Waals surface area contributed by atoms with Crippen LogP contribution in [0.2, 0.25) is 0 Å². The molecule has 27 heavy (non-hydrogen) atoms. The average molecular weight is 373 g/mol. The first-order chi connectivity index (χ1) is 13.2. The normalized spacial score (nSPS) is 20.0. The molecule has 0 unspecified atom stereocenters. The van der Waals surface area contributed by atoms with Crippen molar-refractivity contribution in [2.45, 2.75) is 71.1 Å². The minimum Gasteiger partial charge on any atom is -0.236 e. The van der Waals surface area contributed by atoms with E-state index in [1.165, 1.54) is 63.9 Å². The Labute approximate surface area is 161 Å². The molecule has 0 saturated heterocycles. The van der Waals surface area contributed by atoms with E-state index >= 15 is 0 Å². The molecule has 1 aliphatic rings. The molecule has 0 N–H and O–H groups in total. The topological polar surface area (TPSA) is 25.8 Å². The van der Waals surface area contributed by atoms with Crippen molar-refractivity contribution in [3.05, 3.63) is 47.8 Å². The Hall–Kier alpha value is -1.84. The van der Waals surface area contributed by atoms with Gasteiger partial charge in [-0.1, -0.05) is 58.3 Å². The zero-order chi connectivity index (χ0) is 19.1. The summed E-state index contributed by atoms with van der Waals surface area (Å²) in [5.74, 6) is 0.482. The number of aromatic nitrogens is 2. The van der Waals surface area contributed by atoms with E-state index in [2.05, 4.69) is 16.9 Å². The highest BCUT2D eigenvalue weighted by Gasteiger charge is 2.20. The molecule has 1 aromatic heterocycles. The third-order valence-corrected chi connectivity index (χ3v) is 5.91. The third-order valence-electron chi connectivity index (χ3n) is 5.91. The fourth-order valence-corrected chi connectivity index (χ4v) is 4.13. The van der Waals surface area contributed by atoms with Gasteiger partial charge >= 0.3 is 0 Å². The standard InChI is InChI=1S/C23H30F2N2/c1-2-3-4-5-17-6-8-18(9-7-17)10-11-19-15-26-23(27-16-19)20-12-13-21(24)22(25)14-20/h12-18H,2-11H2,1H3. The molecular formula is C23H30F2N2. The summed E-state index contributed by atoms with van der Waals surface area (Å²) < 4.78 is 26.4. The van der Waals surface area contributed by atoms with Crippen LogP contribution in [0, 0.1) is 23.5 Å². The van der Waals surface area contributed by atoms with Crippen molar-refractivity contribution in [3.8, 4) is 11.4 Å². The number of nitrogens with zero attached hydrogens (tertiary/aromatic N) is 2. The lowest BCUT2D eigenvalue weighted by Crippen LogP contribution is -2.15. The van der Waals surface area contributed by atoms with Crippen LogP contribution in [-0.2, 0) is 6.42 Å². The van der Waals surface area contributed by atoms with Crippen LogP contribution < -0.4 is 0 Å². The van der Waals surface area contributed by atoms with Gasteiger partial charge in [0.15, 0.2) is 17.5 Å². The molecule has 1 fully saturated rings. The second-order valence-corrected chi connectivity index (χ2v) is 7.97. The first kappa shape index (κ1) is 19.9. The molecule has 3 rings (SSSR count). The summed E-state index contributed by atoms with van der Waals surface area (Å²) in [5, 5.41) is 0. The first-order valence-electron chi connectivity index (χ1n) is 10.4. The van der Waals surface area contributed by atoms with Gasteiger partial charge in [-0.15, -0.1) is 0 Å². The third kappa shape index (κ3) is 5.82. The van der Waals surface area contributed by atoms with Crippen LogP contribution in [0.25, 0.3) is 11.4 Å². The van der Waals surface area contributed by atoms with Crippen molar-refractivity contribution in [2.24, 2.45) is 11.8 Å². The van der Waals surface area contributed by atoms with Crippen LogP contribution in [0.15, 0.2) is 30.6 Å². The number of hydrogen-bond acceptors (Lipinski definition) is 2. The van der Waals surface area contributed by atoms with Crippen molar-refractivity contribution in [1.29, 1.82) is 0 Å². The lowest BCUT2D eigenvalue weighted by atomic mass is 9.78. The summed E-state index contributed by atoms with van der Waals surface area (Å²) in [7, 11) is 0. The molecular weight excluding hydrogens is 342 g/mol. The number of aryl methyl sites for hydroxylation is 1. The highest BCUT2D eigenvalue weighted by atomic mass is 19.2. The molecule has 1 heterocycles. The van der Waals surface area contributed by atoms with Crippen molar-refractivity contribution in [2.75, 3.05) is 0 Å². The molecule has 0 amide bonds. The van der Waals surface area contributed by atoms with E-state index in [-0.39, 0.29) is 0 Å². The Bertz CT molecular complexity index is 707. The fourth-order valence-electron chi connectivity index (χ4n) is 4.13. The molecule has 0 radical (unpaired) electrons. The summed E-state index contributed by atoms with van der Waals surface area (Å²) in [6.07, 6.45) is 16.8. The molecule has 0 bridgehead atoms. The molecule has 4 heteroatoms. The van der Waals surface area contributed by atoms with E-state index in [1.54, 1.807) is 0 Å². The van der Waals surface area contributed by atoms with Gasteiger partial charge in [-0.05, 0) is 48.4 Å². The van der Waals surface area contributed by atoms with Gasteiger partial charge in [0.2, 0.25) is 0 Å². The smallest absolute Gasteiger partial charge is 0.159 e. The summed E-state index contributed by atoms with van der Waals surface area (Å²) in [6.45, 7) is 2.27. The monoisotopic (exact) mass is 372 g/mol. The Morgan fingerprint density at radius 1 is 0.889 bits per heavy atom. The van der Waals surface area contributed by atoms with Crippen LogP contribution in [0.3, 0.4) is 0 Å². The van der Waals surface area contributed by atoms with Crippen LogP contribution in [0.4, 0.5) is 8.78 Å². The number of benzene rings is 1. The van der Waals surface area contributed by atoms with Gasteiger partial charge < -0.3 is 0 Å². The number of rotatable bonds is 8. The quantitative estimate of drug-likeness (QED) is 0.479. The molecule has 1 aliphatic carbocycles. The molecule has 1 saturated carbocycles. The average Bonchev–Trinajstić information content (AvgIpc) is 2.70. The molecule has 0 atom stereocenters. The number of hydrogen-bond donors (Lipinski definition) is 0. The second-order valence-electron chi connectivity index (χ2n) is 7.97. The van der Waals surface area contributed by atoms with Crippen LogP contribution in [0.5, 0.6) is 0 Å². The van der Waals surface area contributed by atoms with E-state index in [9.17, 15) is 8.78 Å². The second kappa shape index (κ2) is 9.91. The van der Waals surface area contributed by atoms with Gasteiger partial charge in [0.05, 0.1) is 0 Å². The Balaban J connectivity index is 1.45. The first-order valence-corrected chi connectivity index (χ1v) is 10.4. The summed E-state index contributed by atoms with van der Waals surface area (Å²) >= 11 is 0. The maximum Gasteiger partial charge on any atom is 0.159 e. The van der Waals surface area contributed by atoms with Crippen LogP contribution >= 0.6 is 0 Å². The van der Waals surface area contributed by atoms with Crippen molar-refractivity contribution in [1.82, 2.24) is 9.97 Å². The molecule has 1 aromatic carbocycles. The van der Waals surface area contributed by atoms with Crippen molar-refractivity contribution >= 4 is 0 Å². The van der Waals surface area contributed by atoms with Gasteiger partial charge in [-0.3, -0.25) is 0 Å². The molecule has 146 valence electrons. The number of unbranched alkanes of at least 4 members (excludes halogenated alkanes) is 2. The van der Waals surface area contributed by atoms with Crippen LogP contribution in [-0.4, -0.2) is 9.97 Å². The predicted octanol–water partition coefficient (Wildman–Crippen LogP) is 6.74. The SMILES string of the molecule is CCCCCC1CCC(CCc2cnc(-c3ccc(F)c(F)c3)nc2)CC1. The van der Waals surface area contributed by atoms with E-state index < -0.39 is 11.6 Å². The van der Waals surface area contributed by atoms with Crippen molar-refractivity contribution < 1.29 is 8.78 Å². The Morgan fingerprint density at radius 3 is 2.19 bits per heavy atom. The molecule has 0 spiro atoms. The van der Waals surface area contributed by atoms with E-state index in [4.69, 9.17) is 0 Å². The predicted molar refractivity (Wildman–Crippen MR) is 105 cm³/mol. The molecule has 0 aliphatic heterocycles. The highest BCUT2D eigenvalue weighted by Crippen LogP contribution is 2.34. The van der Waals surface area contributed by atoms with Gasteiger partial charge in [0.1, 0.15) is 0 Å². The number of halogens is 2. The van der Waals surface area contributed by atoms with Gasteiger partial charge in [0.25, 0.3) is 0 Å². The maximum atomic E-state index is 13.4. The molecule has 2 aromatic rings. The van der Waals surface area contributed by atoms with Gasteiger partial charge in [-0.2, -0.15) is 0 Å². The minimum absolute atomic E-state index is 0.435. The minimum atomic E-state index is -0.870. The van der Waals surface area contributed by atoms with Crippen LogP contribution in [0.1, 0.15) is 70.3 Å². The zero-order valence-electron chi connectivity index (χ0n) is 16.3. The lowest BCUT2D eigenvalue weighted by Gasteiger charge is -2.28. The van der Waals surface area contributed by atoms with E-state index in [0.29, 0.717) is 11.4 Å². The van der Waals surface area contributed by atoms with Gasteiger partial charge in [-0.25, -0.2) is 18.7 Å². The summed E-state index contributed by atoms with van der Waals surface area (Å²) in [6, 6.07) is 3.76. The van der Waals surface area contributed by atoms with E-state index in [1.807, 2.05) is 12.4 Å². The Morgan fingerprint density at radius 2 is 1.56 bits per heavy atom. The highest BCUT2D eigenvalue weighted by molar-refractivity contribution is 5.54. The van der Waals surface area contributed by atoms with E-state index in [0.717, 1.165) is 36.0 Å². The zero-order valence-corrected chi connectivity index (χ0v) is 16.3. The maximum absolute atomic E-state index is 13.4. The molecule has 2 nitrogen and oxygen atoms in total. The Kier molecular flexibility index (Phi) is 7.31.